The largest absolute Gasteiger partial charge is 0.495 e. The second-order valence-electron chi connectivity index (χ2n) is 5.95. The van der Waals surface area contributed by atoms with Gasteiger partial charge in [-0.1, -0.05) is 11.6 Å². The van der Waals surface area contributed by atoms with Crippen molar-refractivity contribution in [3.63, 3.8) is 0 Å². The van der Waals surface area contributed by atoms with Gasteiger partial charge in [0.15, 0.2) is 0 Å². The van der Waals surface area contributed by atoms with Gasteiger partial charge in [-0.2, -0.15) is 0 Å². The van der Waals surface area contributed by atoms with Gasteiger partial charge in [0.1, 0.15) is 17.0 Å². The summed E-state index contributed by atoms with van der Waals surface area (Å²) >= 11 is 5.98. The fourth-order valence-electron chi connectivity index (χ4n) is 2.40. The van der Waals surface area contributed by atoms with E-state index in [-0.39, 0.29) is 11.8 Å². The van der Waals surface area contributed by atoms with Crippen LogP contribution in [0.4, 0.5) is 10.5 Å². The van der Waals surface area contributed by atoms with Crippen molar-refractivity contribution in [3.8, 4) is 17.4 Å². The Morgan fingerprint density at radius 3 is 2.60 bits per heavy atom. The second-order valence-corrected chi connectivity index (χ2v) is 6.35. The van der Waals surface area contributed by atoms with Gasteiger partial charge in [-0.15, -0.1) is 0 Å². The van der Waals surface area contributed by atoms with Crippen molar-refractivity contribution in [2.75, 3.05) is 12.0 Å². The topological polar surface area (TPSA) is 80.8 Å². The standard InChI is InChI=1S/C17H16ClN3O4/c1-17(2)15(22)21(16(23)20-17)10-6-7-19-14(8-10)25-11-4-5-12(18)13(9-11)24-3/h4-9H,1-3H3,(H,20,23). The summed E-state index contributed by atoms with van der Waals surface area (Å²) in [6.07, 6.45) is 1.46. The third kappa shape index (κ3) is 3.23. The Labute approximate surface area is 149 Å². The maximum absolute atomic E-state index is 12.4. The highest BCUT2D eigenvalue weighted by atomic mass is 35.5. The molecule has 130 valence electrons. The predicted octanol–water partition coefficient (Wildman–Crippen LogP) is 3.37. The zero-order chi connectivity index (χ0) is 18.2. The fraction of sp³-hybridized carbons (Fsp3) is 0.235. The average Bonchev–Trinajstić information content (AvgIpc) is 2.77. The number of imide groups is 1. The van der Waals surface area contributed by atoms with Crippen LogP contribution in [0.2, 0.25) is 5.02 Å². The predicted molar refractivity (Wildman–Crippen MR) is 92.4 cm³/mol. The van der Waals surface area contributed by atoms with E-state index in [0.717, 1.165) is 4.90 Å². The number of carbonyl (C=O) groups is 2. The van der Waals surface area contributed by atoms with Crippen molar-refractivity contribution < 1.29 is 19.1 Å². The number of amides is 3. The molecule has 0 bridgehead atoms. The molecule has 2 aromatic rings. The summed E-state index contributed by atoms with van der Waals surface area (Å²) in [6.45, 7) is 3.29. The first kappa shape index (κ1) is 17.0. The minimum absolute atomic E-state index is 0.229. The first-order chi connectivity index (χ1) is 11.8. The third-order valence-electron chi connectivity index (χ3n) is 3.68. The van der Waals surface area contributed by atoms with E-state index in [1.54, 1.807) is 38.1 Å². The average molecular weight is 362 g/mol. The number of aromatic nitrogens is 1. The molecule has 1 N–H and O–H groups in total. The van der Waals surface area contributed by atoms with Crippen molar-refractivity contribution in [2.45, 2.75) is 19.4 Å². The lowest BCUT2D eigenvalue weighted by atomic mass is 10.1. The minimum Gasteiger partial charge on any atom is -0.495 e. The van der Waals surface area contributed by atoms with Gasteiger partial charge in [0.25, 0.3) is 5.91 Å². The number of nitrogens with one attached hydrogen (secondary N) is 1. The maximum atomic E-state index is 12.4. The summed E-state index contributed by atoms with van der Waals surface area (Å²) in [5, 5.41) is 3.08. The van der Waals surface area contributed by atoms with Crippen LogP contribution in [0, 0.1) is 0 Å². The van der Waals surface area contributed by atoms with Gasteiger partial charge in [0.2, 0.25) is 5.88 Å². The van der Waals surface area contributed by atoms with E-state index in [1.807, 2.05) is 0 Å². The molecule has 3 amide bonds. The Hall–Kier alpha value is -2.80. The number of rotatable bonds is 4. The van der Waals surface area contributed by atoms with Crippen LogP contribution in [0.3, 0.4) is 0 Å². The Kier molecular flexibility index (Phi) is 4.26. The molecule has 3 rings (SSSR count). The molecule has 1 aromatic heterocycles. The molecule has 1 fully saturated rings. The summed E-state index contributed by atoms with van der Waals surface area (Å²) < 4.78 is 10.8. The molecule has 1 aromatic carbocycles. The first-order valence-corrected chi connectivity index (χ1v) is 7.84. The molecule has 0 atom stereocenters. The number of hydrogen-bond donors (Lipinski definition) is 1. The highest BCUT2D eigenvalue weighted by Gasteiger charge is 2.45. The van der Waals surface area contributed by atoms with Gasteiger partial charge in [-0.05, 0) is 32.0 Å². The molecular formula is C17H16ClN3O4. The Balaban J connectivity index is 1.88. The van der Waals surface area contributed by atoms with E-state index >= 15 is 0 Å². The first-order valence-electron chi connectivity index (χ1n) is 7.46. The SMILES string of the molecule is COc1cc(Oc2cc(N3C(=O)NC(C)(C)C3=O)ccn2)ccc1Cl. The smallest absolute Gasteiger partial charge is 0.329 e. The number of carbonyl (C=O) groups excluding carboxylic acids is 2. The molecule has 0 spiro atoms. The molecule has 2 heterocycles. The molecule has 7 nitrogen and oxygen atoms in total. The number of methoxy groups -OCH3 is 1. The van der Waals surface area contributed by atoms with Crippen molar-refractivity contribution in [3.05, 3.63) is 41.6 Å². The van der Waals surface area contributed by atoms with Crippen LogP contribution in [0.25, 0.3) is 0 Å². The summed E-state index contributed by atoms with van der Waals surface area (Å²) in [6, 6.07) is 7.51. The zero-order valence-electron chi connectivity index (χ0n) is 13.9. The molecule has 1 aliphatic heterocycles. The molecule has 8 heteroatoms. The highest BCUT2D eigenvalue weighted by Crippen LogP contribution is 2.32. The Morgan fingerprint density at radius 1 is 1.20 bits per heavy atom. The lowest BCUT2D eigenvalue weighted by molar-refractivity contribution is -0.121. The summed E-state index contributed by atoms with van der Waals surface area (Å²) in [5.41, 5.74) is -0.579. The fourth-order valence-corrected chi connectivity index (χ4v) is 2.60. The van der Waals surface area contributed by atoms with E-state index in [2.05, 4.69) is 10.3 Å². The summed E-state index contributed by atoms with van der Waals surface area (Å²) in [4.78, 5) is 29.6. The molecule has 25 heavy (non-hydrogen) atoms. The number of hydrogen-bond acceptors (Lipinski definition) is 5. The van der Waals surface area contributed by atoms with Crippen molar-refractivity contribution in [1.82, 2.24) is 10.3 Å². The van der Waals surface area contributed by atoms with Crippen LogP contribution >= 0.6 is 11.6 Å². The van der Waals surface area contributed by atoms with Crippen LogP contribution in [0.1, 0.15) is 13.8 Å². The number of pyridine rings is 1. The van der Waals surface area contributed by atoms with Crippen LogP contribution in [-0.4, -0.2) is 29.6 Å². The van der Waals surface area contributed by atoms with Crippen LogP contribution in [-0.2, 0) is 4.79 Å². The molecule has 0 radical (unpaired) electrons. The number of urea groups is 1. The van der Waals surface area contributed by atoms with Crippen molar-refractivity contribution in [2.24, 2.45) is 0 Å². The molecule has 1 aliphatic rings. The minimum atomic E-state index is -0.953. The van der Waals surface area contributed by atoms with Crippen LogP contribution < -0.4 is 19.7 Å². The maximum Gasteiger partial charge on any atom is 0.329 e. The van der Waals surface area contributed by atoms with Crippen LogP contribution in [0.5, 0.6) is 17.4 Å². The van der Waals surface area contributed by atoms with E-state index in [9.17, 15) is 9.59 Å². The lowest BCUT2D eigenvalue weighted by Gasteiger charge is -2.16. The highest BCUT2D eigenvalue weighted by molar-refractivity contribution is 6.32. The molecule has 0 saturated carbocycles. The quantitative estimate of drug-likeness (QED) is 0.844. The number of halogens is 1. The Morgan fingerprint density at radius 2 is 1.96 bits per heavy atom. The zero-order valence-corrected chi connectivity index (χ0v) is 14.6. The number of ether oxygens (including phenoxy) is 2. The van der Waals surface area contributed by atoms with E-state index < -0.39 is 11.6 Å². The second kappa shape index (κ2) is 6.25. The van der Waals surface area contributed by atoms with Gasteiger partial charge >= 0.3 is 6.03 Å². The molecule has 0 unspecified atom stereocenters. The monoisotopic (exact) mass is 361 g/mol. The van der Waals surface area contributed by atoms with Gasteiger partial charge < -0.3 is 14.8 Å². The van der Waals surface area contributed by atoms with Crippen molar-refractivity contribution in [1.29, 1.82) is 0 Å². The molecule has 0 aliphatic carbocycles. The van der Waals surface area contributed by atoms with Gasteiger partial charge in [-0.3, -0.25) is 4.79 Å². The van der Waals surface area contributed by atoms with Gasteiger partial charge in [0.05, 0.1) is 17.8 Å². The summed E-state index contributed by atoms with van der Waals surface area (Å²) in [7, 11) is 1.50. The summed E-state index contributed by atoms with van der Waals surface area (Å²) in [5.74, 6) is 0.810. The van der Waals surface area contributed by atoms with Gasteiger partial charge in [0, 0.05) is 18.3 Å². The lowest BCUT2D eigenvalue weighted by Crippen LogP contribution is -2.40. The van der Waals surface area contributed by atoms with Crippen LogP contribution in [0.15, 0.2) is 36.5 Å². The number of nitrogens with zero attached hydrogens (tertiary/aromatic N) is 2. The number of anilines is 1. The van der Waals surface area contributed by atoms with Crippen molar-refractivity contribution >= 4 is 29.2 Å². The molecule has 1 saturated heterocycles. The Bertz CT molecular complexity index is 854. The third-order valence-corrected chi connectivity index (χ3v) is 3.99. The molecular weight excluding hydrogens is 346 g/mol. The normalized spacial score (nSPS) is 15.9. The van der Waals surface area contributed by atoms with Gasteiger partial charge in [-0.25, -0.2) is 14.7 Å². The number of benzene rings is 1. The van der Waals surface area contributed by atoms with E-state index in [1.165, 1.54) is 19.4 Å². The van der Waals surface area contributed by atoms with E-state index in [0.29, 0.717) is 22.2 Å². The van der Waals surface area contributed by atoms with E-state index in [4.69, 9.17) is 21.1 Å².